The summed E-state index contributed by atoms with van der Waals surface area (Å²) < 4.78 is 1.17. The second kappa shape index (κ2) is 4.15. The van der Waals surface area contributed by atoms with Crippen LogP contribution in [0.25, 0.3) is 0 Å². The number of nitrogens with one attached hydrogen (secondary N) is 1. The molecule has 2 saturated carbocycles. The van der Waals surface area contributed by atoms with Crippen molar-refractivity contribution in [1.29, 1.82) is 0 Å². The predicted molar refractivity (Wildman–Crippen MR) is 70.3 cm³/mol. The van der Waals surface area contributed by atoms with E-state index in [1.54, 1.807) is 0 Å². The molecule has 3 unspecified atom stereocenters. The van der Waals surface area contributed by atoms with Gasteiger partial charge in [-0.15, -0.1) is 0 Å². The van der Waals surface area contributed by atoms with Gasteiger partial charge in [0.15, 0.2) is 0 Å². The summed E-state index contributed by atoms with van der Waals surface area (Å²) in [5.74, 6) is 1.77. The van der Waals surface area contributed by atoms with Crippen LogP contribution in [0.5, 0.6) is 0 Å². The number of hydrogen-bond donors (Lipinski definition) is 1. The number of hydrogen-bond acceptors (Lipinski definition) is 1. The first kappa shape index (κ1) is 10.8. The van der Waals surface area contributed by atoms with Crippen LogP contribution in [0.4, 0.5) is 0 Å². The molecule has 1 aromatic carbocycles. The molecule has 1 aromatic rings. The lowest BCUT2D eigenvalue weighted by atomic mass is 10.0. The fourth-order valence-corrected chi connectivity index (χ4v) is 2.65. The van der Waals surface area contributed by atoms with Crippen LogP contribution in [-0.4, -0.2) is 6.04 Å². The molecule has 0 aromatic heterocycles. The molecular weight excluding hydrogens is 262 g/mol. The standard InChI is InChI=1S/C14H18BrN/c1-9-8-13(9)16-14(10-2-3-10)11-4-6-12(15)7-5-11/h4-7,9-10,13-14,16H,2-3,8H2,1H3. The van der Waals surface area contributed by atoms with Gasteiger partial charge >= 0.3 is 0 Å². The van der Waals surface area contributed by atoms with Crippen molar-refractivity contribution in [2.24, 2.45) is 11.8 Å². The molecule has 3 rings (SSSR count). The minimum absolute atomic E-state index is 0.600. The molecule has 0 spiro atoms. The predicted octanol–water partition coefficient (Wildman–Crippen LogP) is 3.90. The Labute approximate surface area is 106 Å². The Kier molecular flexibility index (Phi) is 2.80. The lowest BCUT2D eigenvalue weighted by Crippen LogP contribution is -2.26. The molecule has 0 aliphatic heterocycles. The lowest BCUT2D eigenvalue weighted by molar-refractivity contribution is 0.467. The molecule has 0 radical (unpaired) electrons. The van der Waals surface area contributed by atoms with Crippen molar-refractivity contribution < 1.29 is 0 Å². The first-order valence-corrected chi connectivity index (χ1v) is 7.05. The fourth-order valence-electron chi connectivity index (χ4n) is 2.39. The molecule has 2 aliphatic carbocycles. The van der Waals surface area contributed by atoms with Crippen molar-refractivity contribution >= 4 is 15.9 Å². The third kappa shape index (κ3) is 2.33. The zero-order valence-corrected chi connectivity index (χ0v) is 11.2. The average Bonchev–Trinajstić information content (AvgIpc) is 3.14. The molecule has 16 heavy (non-hydrogen) atoms. The van der Waals surface area contributed by atoms with Crippen molar-refractivity contribution in [3.05, 3.63) is 34.3 Å². The van der Waals surface area contributed by atoms with Gasteiger partial charge in [0.1, 0.15) is 0 Å². The van der Waals surface area contributed by atoms with Crippen molar-refractivity contribution in [2.75, 3.05) is 0 Å². The van der Waals surface area contributed by atoms with Gasteiger partial charge in [-0.1, -0.05) is 35.0 Å². The molecule has 3 atom stereocenters. The zero-order valence-electron chi connectivity index (χ0n) is 9.62. The molecule has 2 fully saturated rings. The summed E-state index contributed by atoms with van der Waals surface area (Å²) in [7, 11) is 0. The van der Waals surface area contributed by atoms with Gasteiger partial charge in [-0.25, -0.2) is 0 Å². The molecule has 0 heterocycles. The van der Waals surface area contributed by atoms with Crippen LogP contribution in [0.3, 0.4) is 0 Å². The number of rotatable bonds is 4. The summed E-state index contributed by atoms with van der Waals surface area (Å²) in [5, 5.41) is 3.82. The minimum atomic E-state index is 0.600. The van der Waals surface area contributed by atoms with Gasteiger partial charge in [-0.05, 0) is 48.8 Å². The van der Waals surface area contributed by atoms with Crippen LogP contribution >= 0.6 is 15.9 Å². The van der Waals surface area contributed by atoms with Crippen LogP contribution in [0.2, 0.25) is 0 Å². The smallest absolute Gasteiger partial charge is 0.0351 e. The highest BCUT2D eigenvalue weighted by atomic mass is 79.9. The van der Waals surface area contributed by atoms with Crippen LogP contribution in [0.1, 0.15) is 37.8 Å². The second-order valence-electron chi connectivity index (χ2n) is 5.35. The Hall–Kier alpha value is -0.340. The highest BCUT2D eigenvalue weighted by molar-refractivity contribution is 9.10. The van der Waals surface area contributed by atoms with Crippen molar-refractivity contribution in [3.8, 4) is 0 Å². The normalized spacial score (nSPS) is 30.1. The quantitative estimate of drug-likeness (QED) is 0.882. The maximum atomic E-state index is 3.82. The van der Waals surface area contributed by atoms with Crippen molar-refractivity contribution in [1.82, 2.24) is 5.32 Å². The van der Waals surface area contributed by atoms with E-state index < -0.39 is 0 Å². The molecule has 0 saturated heterocycles. The molecule has 2 heteroatoms. The van der Waals surface area contributed by atoms with Gasteiger partial charge in [-0.3, -0.25) is 0 Å². The summed E-state index contributed by atoms with van der Waals surface area (Å²) in [5.41, 5.74) is 1.46. The number of halogens is 1. The Morgan fingerprint density at radius 3 is 2.38 bits per heavy atom. The Morgan fingerprint density at radius 1 is 1.25 bits per heavy atom. The summed E-state index contributed by atoms with van der Waals surface area (Å²) >= 11 is 3.50. The average molecular weight is 280 g/mol. The maximum absolute atomic E-state index is 3.82. The Morgan fingerprint density at radius 2 is 1.88 bits per heavy atom. The first-order valence-electron chi connectivity index (χ1n) is 6.25. The van der Waals surface area contributed by atoms with Gasteiger partial charge in [-0.2, -0.15) is 0 Å². The van der Waals surface area contributed by atoms with E-state index in [1.165, 1.54) is 29.3 Å². The van der Waals surface area contributed by atoms with E-state index in [0.717, 1.165) is 17.9 Å². The largest absolute Gasteiger partial charge is 0.307 e. The molecule has 1 nitrogen and oxygen atoms in total. The summed E-state index contributed by atoms with van der Waals surface area (Å²) in [6, 6.07) is 10.2. The van der Waals surface area contributed by atoms with Gasteiger partial charge < -0.3 is 5.32 Å². The fraction of sp³-hybridized carbons (Fsp3) is 0.571. The highest BCUT2D eigenvalue weighted by Crippen LogP contribution is 2.43. The summed E-state index contributed by atoms with van der Waals surface area (Å²) in [4.78, 5) is 0. The Balaban J connectivity index is 1.74. The van der Waals surface area contributed by atoms with E-state index in [2.05, 4.69) is 52.4 Å². The van der Waals surface area contributed by atoms with Crippen molar-refractivity contribution in [3.63, 3.8) is 0 Å². The van der Waals surface area contributed by atoms with Crippen LogP contribution < -0.4 is 5.32 Å². The second-order valence-corrected chi connectivity index (χ2v) is 6.27. The summed E-state index contributed by atoms with van der Waals surface area (Å²) in [6.45, 7) is 2.34. The van der Waals surface area contributed by atoms with Gasteiger partial charge in [0, 0.05) is 16.6 Å². The monoisotopic (exact) mass is 279 g/mol. The molecule has 1 N–H and O–H groups in total. The third-order valence-electron chi connectivity index (χ3n) is 3.83. The van der Waals surface area contributed by atoms with Crippen LogP contribution in [-0.2, 0) is 0 Å². The molecular formula is C14H18BrN. The minimum Gasteiger partial charge on any atom is -0.307 e. The maximum Gasteiger partial charge on any atom is 0.0351 e. The number of benzene rings is 1. The first-order chi connectivity index (χ1) is 7.74. The third-order valence-corrected chi connectivity index (χ3v) is 4.35. The van der Waals surface area contributed by atoms with E-state index in [-0.39, 0.29) is 0 Å². The topological polar surface area (TPSA) is 12.0 Å². The SMILES string of the molecule is CC1CC1NC(c1ccc(Br)cc1)C1CC1. The van der Waals surface area contributed by atoms with Crippen molar-refractivity contribution in [2.45, 2.75) is 38.3 Å². The molecule has 0 bridgehead atoms. The molecule has 86 valence electrons. The van der Waals surface area contributed by atoms with Gasteiger partial charge in [0.05, 0.1) is 0 Å². The Bertz CT molecular complexity index is 369. The van der Waals surface area contributed by atoms with Gasteiger partial charge in [0.25, 0.3) is 0 Å². The van der Waals surface area contributed by atoms with Gasteiger partial charge in [0.2, 0.25) is 0 Å². The summed E-state index contributed by atoms with van der Waals surface area (Å²) in [6.07, 6.45) is 4.16. The van der Waals surface area contributed by atoms with E-state index in [4.69, 9.17) is 0 Å². The van der Waals surface area contributed by atoms with E-state index in [0.29, 0.717) is 6.04 Å². The van der Waals surface area contributed by atoms with Crippen LogP contribution in [0, 0.1) is 11.8 Å². The molecule has 2 aliphatic rings. The van der Waals surface area contributed by atoms with Crippen LogP contribution in [0.15, 0.2) is 28.7 Å². The van der Waals surface area contributed by atoms with E-state index in [9.17, 15) is 0 Å². The zero-order chi connectivity index (χ0) is 11.1. The van der Waals surface area contributed by atoms with E-state index >= 15 is 0 Å². The molecule has 0 amide bonds. The van der Waals surface area contributed by atoms with E-state index in [1.807, 2.05) is 0 Å². The lowest BCUT2D eigenvalue weighted by Gasteiger charge is -2.19. The highest BCUT2D eigenvalue weighted by Gasteiger charge is 2.39.